The highest BCUT2D eigenvalue weighted by Crippen LogP contribution is 2.29. The molecule has 1 saturated heterocycles. The van der Waals surface area contributed by atoms with Crippen molar-refractivity contribution in [2.75, 3.05) is 13.1 Å². The molecular formula is C29H35FN2O2S. The molecule has 1 aromatic heterocycles. The number of hydrogen-bond acceptors (Lipinski definition) is 4. The first kappa shape index (κ1) is 28.0. The van der Waals surface area contributed by atoms with Crippen molar-refractivity contribution in [2.24, 2.45) is 0 Å². The number of nitrogens with zero attached hydrogens (tertiary/aromatic N) is 1. The molecule has 2 aromatic carbocycles. The van der Waals surface area contributed by atoms with E-state index in [9.17, 15) is 14.0 Å². The second-order valence-electron chi connectivity index (χ2n) is 7.93. The third-order valence-corrected chi connectivity index (χ3v) is 6.65. The first-order valence-corrected chi connectivity index (χ1v) is 13.0. The SMILES string of the molecule is CC.O=C=C(CCc1ccc(F)cc1)N1CCC(c2ccccc2)CC1.O=CNCc1cccs1. The van der Waals surface area contributed by atoms with Gasteiger partial charge in [-0.05, 0) is 59.9 Å². The van der Waals surface area contributed by atoms with Crippen molar-refractivity contribution < 1.29 is 14.0 Å². The number of carbonyl (C=O) groups is 1. The third kappa shape index (κ3) is 9.89. The molecule has 4 rings (SSSR count). The summed E-state index contributed by atoms with van der Waals surface area (Å²) in [4.78, 5) is 24.5. The second-order valence-corrected chi connectivity index (χ2v) is 8.96. The lowest BCUT2D eigenvalue weighted by Crippen LogP contribution is -2.32. The van der Waals surface area contributed by atoms with E-state index in [0.717, 1.165) is 43.6 Å². The lowest BCUT2D eigenvalue weighted by atomic mass is 9.89. The van der Waals surface area contributed by atoms with Crippen LogP contribution in [0.15, 0.2) is 77.8 Å². The van der Waals surface area contributed by atoms with Crippen LogP contribution in [-0.4, -0.2) is 30.3 Å². The van der Waals surface area contributed by atoms with Gasteiger partial charge in [0.2, 0.25) is 6.41 Å². The number of amides is 1. The molecule has 0 atom stereocenters. The Balaban J connectivity index is 0.000000329. The molecule has 186 valence electrons. The molecule has 1 N–H and O–H groups in total. The molecular weight excluding hydrogens is 459 g/mol. The first-order valence-electron chi connectivity index (χ1n) is 12.2. The number of piperidine rings is 1. The van der Waals surface area contributed by atoms with E-state index in [1.54, 1.807) is 23.5 Å². The zero-order chi connectivity index (χ0) is 25.3. The molecule has 0 radical (unpaired) electrons. The average molecular weight is 495 g/mol. The molecule has 1 amide bonds. The molecule has 35 heavy (non-hydrogen) atoms. The summed E-state index contributed by atoms with van der Waals surface area (Å²) >= 11 is 1.64. The normalized spacial score (nSPS) is 12.8. The monoisotopic (exact) mass is 494 g/mol. The van der Waals surface area contributed by atoms with Crippen LogP contribution in [0.1, 0.15) is 55.0 Å². The number of rotatable bonds is 8. The number of likely N-dealkylation sites (tertiary alicyclic amines) is 1. The molecule has 1 aliphatic heterocycles. The lowest BCUT2D eigenvalue weighted by Gasteiger charge is -2.34. The van der Waals surface area contributed by atoms with Crippen LogP contribution in [0.3, 0.4) is 0 Å². The van der Waals surface area contributed by atoms with Crippen molar-refractivity contribution in [3.8, 4) is 0 Å². The number of hydrogen-bond donors (Lipinski definition) is 1. The summed E-state index contributed by atoms with van der Waals surface area (Å²) in [5, 5.41) is 4.57. The Bertz CT molecular complexity index is 1010. The van der Waals surface area contributed by atoms with Crippen molar-refractivity contribution in [2.45, 2.75) is 52.0 Å². The zero-order valence-electron chi connectivity index (χ0n) is 20.6. The topological polar surface area (TPSA) is 49.4 Å². The average Bonchev–Trinajstić information content (AvgIpc) is 3.45. The Hall–Kier alpha value is -3.21. The van der Waals surface area contributed by atoms with E-state index in [1.165, 1.54) is 22.6 Å². The predicted octanol–water partition coefficient (Wildman–Crippen LogP) is 6.37. The maximum absolute atomic E-state index is 12.9. The molecule has 6 heteroatoms. The van der Waals surface area contributed by atoms with Gasteiger partial charge in [-0.25, -0.2) is 9.18 Å². The van der Waals surface area contributed by atoms with Gasteiger partial charge in [0.05, 0.1) is 12.2 Å². The van der Waals surface area contributed by atoms with Crippen molar-refractivity contribution in [1.29, 1.82) is 0 Å². The Morgan fingerprint density at radius 1 is 1.06 bits per heavy atom. The van der Waals surface area contributed by atoms with Gasteiger partial charge in [-0.2, -0.15) is 0 Å². The van der Waals surface area contributed by atoms with Crippen LogP contribution in [0.4, 0.5) is 4.39 Å². The van der Waals surface area contributed by atoms with E-state index in [-0.39, 0.29) is 5.82 Å². The van der Waals surface area contributed by atoms with Gasteiger partial charge in [-0.3, -0.25) is 4.79 Å². The lowest BCUT2D eigenvalue weighted by molar-refractivity contribution is -0.109. The Morgan fingerprint density at radius 3 is 2.31 bits per heavy atom. The molecule has 1 fully saturated rings. The highest BCUT2D eigenvalue weighted by Gasteiger charge is 2.22. The van der Waals surface area contributed by atoms with Crippen molar-refractivity contribution in [3.63, 3.8) is 0 Å². The summed E-state index contributed by atoms with van der Waals surface area (Å²) in [6.07, 6.45) is 4.23. The molecule has 1 aliphatic rings. The van der Waals surface area contributed by atoms with E-state index in [4.69, 9.17) is 0 Å². The van der Waals surface area contributed by atoms with Gasteiger partial charge in [0, 0.05) is 24.4 Å². The van der Waals surface area contributed by atoms with Gasteiger partial charge in [-0.15, -0.1) is 11.3 Å². The number of thiophene rings is 1. The third-order valence-electron chi connectivity index (χ3n) is 5.77. The van der Waals surface area contributed by atoms with Gasteiger partial charge in [-0.1, -0.05) is 62.4 Å². The summed E-state index contributed by atoms with van der Waals surface area (Å²) in [6, 6.07) is 21.0. The van der Waals surface area contributed by atoms with Crippen LogP contribution < -0.4 is 5.32 Å². The van der Waals surface area contributed by atoms with Gasteiger partial charge in [0.15, 0.2) is 0 Å². The number of allylic oxidation sites excluding steroid dienone is 1. The molecule has 0 spiro atoms. The Labute approximate surface area is 212 Å². The van der Waals surface area contributed by atoms with Gasteiger partial charge < -0.3 is 10.2 Å². The molecule has 0 bridgehead atoms. The summed E-state index contributed by atoms with van der Waals surface area (Å²) in [6.45, 7) is 6.45. The number of aryl methyl sites for hydroxylation is 1. The highest BCUT2D eigenvalue weighted by molar-refractivity contribution is 7.09. The van der Waals surface area contributed by atoms with Crippen LogP contribution in [0.25, 0.3) is 0 Å². The minimum absolute atomic E-state index is 0.229. The largest absolute Gasteiger partial charge is 0.366 e. The van der Waals surface area contributed by atoms with Crippen molar-refractivity contribution in [3.05, 3.63) is 99.6 Å². The van der Waals surface area contributed by atoms with E-state index >= 15 is 0 Å². The maximum atomic E-state index is 12.9. The van der Waals surface area contributed by atoms with E-state index in [1.807, 2.05) is 37.4 Å². The van der Waals surface area contributed by atoms with Crippen LogP contribution >= 0.6 is 11.3 Å². The minimum atomic E-state index is -0.229. The number of halogens is 1. The van der Waals surface area contributed by atoms with E-state index in [2.05, 4.69) is 40.4 Å². The van der Waals surface area contributed by atoms with Crippen LogP contribution in [-0.2, 0) is 22.6 Å². The Morgan fingerprint density at radius 2 is 1.74 bits per heavy atom. The fraction of sp³-hybridized carbons (Fsp3) is 0.345. The van der Waals surface area contributed by atoms with Gasteiger partial charge >= 0.3 is 0 Å². The fourth-order valence-electron chi connectivity index (χ4n) is 3.95. The molecule has 0 saturated carbocycles. The molecule has 2 heterocycles. The van der Waals surface area contributed by atoms with Crippen molar-refractivity contribution in [1.82, 2.24) is 10.2 Å². The van der Waals surface area contributed by atoms with Gasteiger partial charge in [0.1, 0.15) is 11.8 Å². The molecule has 0 unspecified atom stereocenters. The fourth-order valence-corrected chi connectivity index (χ4v) is 4.61. The van der Waals surface area contributed by atoms with Crippen molar-refractivity contribution >= 4 is 23.7 Å². The minimum Gasteiger partial charge on any atom is -0.366 e. The summed E-state index contributed by atoms with van der Waals surface area (Å²) in [5.74, 6) is 2.47. The first-order chi connectivity index (χ1) is 17.2. The quantitative estimate of drug-likeness (QED) is 0.292. The van der Waals surface area contributed by atoms with Crippen LogP contribution in [0, 0.1) is 5.82 Å². The smallest absolute Gasteiger partial charge is 0.207 e. The number of benzene rings is 2. The standard InChI is InChI=1S/C21H22FNO.C6H7NOS.C2H6/c22-20-9-6-17(7-10-20)8-11-21(16-24)23-14-12-19(13-15-23)18-4-2-1-3-5-18;8-5-7-4-6-2-1-3-9-6;1-2/h1-7,9-10,19H,8,11-15H2;1-3,5H,4H2,(H,7,8);1-2H3. The summed E-state index contributed by atoms with van der Waals surface area (Å²) in [7, 11) is 0. The van der Waals surface area contributed by atoms with E-state index < -0.39 is 0 Å². The summed E-state index contributed by atoms with van der Waals surface area (Å²) in [5.41, 5.74) is 3.18. The summed E-state index contributed by atoms with van der Waals surface area (Å²) < 4.78 is 12.9. The molecule has 0 aliphatic carbocycles. The predicted molar refractivity (Wildman–Crippen MR) is 142 cm³/mol. The number of carbonyl (C=O) groups excluding carboxylic acids is 2. The van der Waals surface area contributed by atoms with Gasteiger partial charge in [0.25, 0.3) is 0 Å². The van der Waals surface area contributed by atoms with Crippen LogP contribution in [0.5, 0.6) is 0 Å². The molecule has 3 aromatic rings. The second kappa shape index (κ2) is 16.4. The zero-order valence-corrected chi connectivity index (χ0v) is 21.4. The van der Waals surface area contributed by atoms with E-state index in [0.29, 0.717) is 25.3 Å². The number of nitrogens with one attached hydrogen (secondary N) is 1. The maximum Gasteiger partial charge on any atom is 0.207 e. The Kier molecular flexibility index (Phi) is 13.2. The molecule has 4 nitrogen and oxygen atoms in total. The van der Waals surface area contributed by atoms with Crippen LogP contribution in [0.2, 0.25) is 0 Å². The highest BCUT2D eigenvalue weighted by atomic mass is 32.1.